The molecule has 2 aromatic rings. The van der Waals surface area contributed by atoms with Gasteiger partial charge in [-0.15, -0.1) is 24.8 Å². The number of hydrogen-bond donors (Lipinski definition) is 1. The predicted octanol–water partition coefficient (Wildman–Crippen LogP) is 1.65. The number of carbonyl (C=O) groups is 1. The van der Waals surface area contributed by atoms with Crippen molar-refractivity contribution in [3.8, 4) is 0 Å². The van der Waals surface area contributed by atoms with E-state index in [-0.39, 0.29) is 42.2 Å². The summed E-state index contributed by atoms with van der Waals surface area (Å²) >= 11 is 0. The lowest BCUT2D eigenvalue weighted by molar-refractivity contribution is -0.132. The lowest BCUT2D eigenvalue weighted by Gasteiger charge is -2.23. The summed E-state index contributed by atoms with van der Waals surface area (Å²) < 4.78 is 27.7. The second-order valence-electron chi connectivity index (χ2n) is 6.22. The number of nitrogens with zero attached hydrogens (tertiary/aromatic N) is 3. The summed E-state index contributed by atoms with van der Waals surface area (Å²) in [5.41, 5.74) is 5.66. The third kappa shape index (κ3) is 4.89. The summed E-state index contributed by atoms with van der Waals surface area (Å²) in [6.07, 6.45) is 3.83. The lowest BCUT2D eigenvalue weighted by atomic mass is 10.2. The molecule has 1 fully saturated rings. The fourth-order valence-electron chi connectivity index (χ4n) is 3.10. The lowest BCUT2D eigenvalue weighted by Crippen LogP contribution is -2.44. The zero-order valence-electron chi connectivity index (χ0n) is 14.9. The Balaban J connectivity index is 0.00000182. The first-order valence-electron chi connectivity index (χ1n) is 8.28. The number of aromatic nitrogens is 1. The molecule has 1 aliphatic heterocycles. The first kappa shape index (κ1) is 23.6. The van der Waals surface area contributed by atoms with Crippen LogP contribution in [0.2, 0.25) is 0 Å². The van der Waals surface area contributed by atoms with Crippen LogP contribution in [0.3, 0.4) is 0 Å². The fraction of sp³-hybridized carbons (Fsp3) is 0.412. The van der Waals surface area contributed by atoms with Crippen LogP contribution in [0.15, 0.2) is 41.6 Å². The Bertz CT molecular complexity index is 887. The molecular formula is C17H24Cl2N4O3S. The van der Waals surface area contributed by atoms with Gasteiger partial charge in [0.2, 0.25) is 15.9 Å². The first-order valence-corrected chi connectivity index (χ1v) is 9.72. The van der Waals surface area contributed by atoms with Crippen molar-refractivity contribution < 1.29 is 13.2 Å². The largest absolute Gasteiger partial charge is 0.340 e. The van der Waals surface area contributed by atoms with Crippen LogP contribution in [-0.4, -0.2) is 60.7 Å². The van der Waals surface area contributed by atoms with Gasteiger partial charge in [0, 0.05) is 49.3 Å². The van der Waals surface area contributed by atoms with Gasteiger partial charge in [0.15, 0.2) is 0 Å². The van der Waals surface area contributed by atoms with Gasteiger partial charge in [-0.2, -0.15) is 4.31 Å². The van der Waals surface area contributed by atoms with Gasteiger partial charge in [0.1, 0.15) is 0 Å². The molecule has 10 heteroatoms. The molecule has 3 rings (SSSR count). The highest BCUT2D eigenvalue weighted by Crippen LogP contribution is 2.25. The van der Waals surface area contributed by atoms with Crippen LogP contribution in [0.4, 0.5) is 0 Å². The number of fused-ring (bicyclic) bond motifs is 1. The summed E-state index contributed by atoms with van der Waals surface area (Å²) in [4.78, 5) is 18.0. The molecule has 1 amide bonds. The third-order valence-corrected chi connectivity index (χ3v) is 6.37. The van der Waals surface area contributed by atoms with Gasteiger partial charge < -0.3 is 10.6 Å². The monoisotopic (exact) mass is 434 g/mol. The normalized spacial score (nSPS) is 16.7. The minimum atomic E-state index is -3.65. The summed E-state index contributed by atoms with van der Waals surface area (Å²) in [6, 6.07) is 6.32. The highest BCUT2D eigenvalue weighted by Gasteiger charge is 2.29. The van der Waals surface area contributed by atoms with Crippen molar-refractivity contribution in [2.45, 2.75) is 24.3 Å². The molecule has 2 N–H and O–H groups in total. The summed E-state index contributed by atoms with van der Waals surface area (Å²) in [5, 5.41) is 1.44. The van der Waals surface area contributed by atoms with Gasteiger partial charge in [0.25, 0.3) is 0 Å². The molecule has 0 bridgehead atoms. The minimum Gasteiger partial charge on any atom is -0.340 e. The number of halogens is 2. The van der Waals surface area contributed by atoms with Gasteiger partial charge in [-0.05, 0) is 25.5 Å². The van der Waals surface area contributed by atoms with Crippen molar-refractivity contribution in [2.24, 2.45) is 5.73 Å². The smallest absolute Gasteiger partial charge is 0.243 e. The number of amides is 1. The molecule has 1 atom stereocenters. The molecule has 1 aliphatic rings. The maximum atomic E-state index is 13.1. The molecular weight excluding hydrogens is 411 g/mol. The second kappa shape index (κ2) is 9.66. The zero-order valence-corrected chi connectivity index (χ0v) is 17.4. The Hall–Kier alpha value is -1.45. The van der Waals surface area contributed by atoms with Crippen LogP contribution in [-0.2, 0) is 14.8 Å². The average molecular weight is 435 g/mol. The quantitative estimate of drug-likeness (QED) is 0.791. The maximum Gasteiger partial charge on any atom is 0.243 e. The van der Waals surface area contributed by atoms with Gasteiger partial charge in [0.05, 0.1) is 10.9 Å². The van der Waals surface area contributed by atoms with E-state index < -0.39 is 16.1 Å². The summed E-state index contributed by atoms with van der Waals surface area (Å²) in [6.45, 7) is 3.17. The molecule has 2 heterocycles. The van der Waals surface area contributed by atoms with Crippen LogP contribution in [0, 0.1) is 0 Å². The molecule has 0 aliphatic carbocycles. The molecule has 0 unspecified atom stereocenters. The number of carbonyl (C=O) groups excluding carboxylic acids is 1. The standard InChI is InChI=1S/C17H22N4O3S.2ClH/c1-13(18)17(22)20-8-3-9-21(11-10-20)25(23,24)16-5-2-4-14-12-19-7-6-15(14)16;;/h2,4-7,12-13H,3,8-11,18H2,1H3;2*1H/t13-;;/m0../s1. The Labute approximate surface area is 171 Å². The second-order valence-corrected chi connectivity index (χ2v) is 8.13. The summed E-state index contributed by atoms with van der Waals surface area (Å²) in [5.74, 6) is -0.143. The number of benzene rings is 1. The molecule has 150 valence electrons. The maximum absolute atomic E-state index is 13.1. The van der Waals surface area contributed by atoms with E-state index in [0.717, 1.165) is 5.39 Å². The van der Waals surface area contributed by atoms with Gasteiger partial charge in [-0.25, -0.2) is 8.42 Å². The molecule has 1 aromatic carbocycles. The van der Waals surface area contributed by atoms with Crippen molar-refractivity contribution >= 4 is 51.5 Å². The number of pyridine rings is 1. The SMILES string of the molecule is C[C@H](N)C(=O)N1CCCN(S(=O)(=O)c2cccc3cnccc23)CC1.Cl.Cl. The fourth-order valence-corrected chi connectivity index (χ4v) is 4.78. The molecule has 1 saturated heterocycles. The molecule has 0 radical (unpaired) electrons. The highest BCUT2D eigenvalue weighted by atomic mass is 35.5. The van der Waals surface area contributed by atoms with Crippen LogP contribution >= 0.6 is 24.8 Å². The van der Waals surface area contributed by atoms with Crippen molar-refractivity contribution in [3.63, 3.8) is 0 Å². The van der Waals surface area contributed by atoms with E-state index in [9.17, 15) is 13.2 Å². The van der Waals surface area contributed by atoms with E-state index >= 15 is 0 Å². The van der Waals surface area contributed by atoms with E-state index in [0.29, 0.717) is 31.4 Å². The number of nitrogens with two attached hydrogens (primary N) is 1. The molecule has 0 saturated carbocycles. The molecule has 1 aromatic heterocycles. The predicted molar refractivity (Wildman–Crippen MR) is 110 cm³/mol. The van der Waals surface area contributed by atoms with Crippen molar-refractivity contribution in [1.29, 1.82) is 0 Å². The van der Waals surface area contributed by atoms with Crippen LogP contribution < -0.4 is 5.73 Å². The van der Waals surface area contributed by atoms with E-state index in [1.165, 1.54) is 4.31 Å². The zero-order chi connectivity index (χ0) is 18.0. The van der Waals surface area contributed by atoms with E-state index in [1.807, 2.05) is 6.07 Å². The number of sulfonamides is 1. The van der Waals surface area contributed by atoms with Crippen LogP contribution in [0.1, 0.15) is 13.3 Å². The van der Waals surface area contributed by atoms with Crippen LogP contribution in [0.25, 0.3) is 10.8 Å². The van der Waals surface area contributed by atoms with Crippen molar-refractivity contribution in [1.82, 2.24) is 14.2 Å². The topological polar surface area (TPSA) is 96.6 Å². The number of hydrogen-bond acceptors (Lipinski definition) is 5. The Morgan fingerprint density at radius 2 is 1.89 bits per heavy atom. The Kier molecular flexibility index (Phi) is 8.44. The van der Waals surface area contributed by atoms with E-state index in [1.54, 1.807) is 42.4 Å². The minimum absolute atomic E-state index is 0. The highest BCUT2D eigenvalue weighted by molar-refractivity contribution is 7.89. The molecule has 7 nitrogen and oxygen atoms in total. The van der Waals surface area contributed by atoms with Gasteiger partial charge in [-0.1, -0.05) is 12.1 Å². The van der Waals surface area contributed by atoms with Crippen molar-refractivity contribution in [2.75, 3.05) is 26.2 Å². The van der Waals surface area contributed by atoms with E-state index in [2.05, 4.69) is 4.98 Å². The molecule has 27 heavy (non-hydrogen) atoms. The average Bonchev–Trinajstić information content (AvgIpc) is 2.87. The van der Waals surface area contributed by atoms with E-state index in [4.69, 9.17) is 5.73 Å². The summed E-state index contributed by atoms with van der Waals surface area (Å²) in [7, 11) is -3.65. The Morgan fingerprint density at radius 3 is 2.59 bits per heavy atom. The van der Waals surface area contributed by atoms with Gasteiger partial charge in [-0.3, -0.25) is 9.78 Å². The third-order valence-electron chi connectivity index (χ3n) is 4.41. The van der Waals surface area contributed by atoms with Crippen molar-refractivity contribution in [3.05, 3.63) is 36.7 Å². The van der Waals surface area contributed by atoms with Gasteiger partial charge >= 0.3 is 0 Å². The first-order chi connectivity index (χ1) is 11.9. The van der Waals surface area contributed by atoms with Crippen LogP contribution in [0.5, 0.6) is 0 Å². The molecule has 0 spiro atoms. The number of rotatable bonds is 3. The Morgan fingerprint density at radius 1 is 1.15 bits per heavy atom.